The molecule has 0 atom stereocenters. The average Bonchev–Trinajstić information content (AvgIpc) is 3.11. The van der Waals surface area contributed by atoms with Gasteiger partial charge in [0, 0.05) is 42.8 Å². The van der Waals surface area contributed by atoms with E-state index in [0.29, 0.717) is 19.5 Å². The number of halogens is 1. The average molecular weight is 380 g/mol. The molecule has 1 fully saturated rings. The maximum absolute atomic E-state index is 13.1. The summed E-state index contributed by atoms with van der Waals surface area (Å²) in [5.74, 6) is -0.107. The number of nitrogens with zero attached hydrogens (tertiary/aromatic N) is 2. The highest BCUT2D eigenvalue weighted by atomic mass is 19.1. The number of rotatable bonds is 3. The molecule has 0 aliphatic carbocycles. The first-order chi connectivity index (χ1) is 13.4. The normalized spacial score (nSPS) is 14.7. The number of hydrogen-bond acceptors (Lipinski definition) is 3. The molecule has 4 rings (SSSR count). The number of carbonyl (C=O) groups is 1. The molecule has 2 aromatic carbocycles. The van der Waals surface area contributed by atoms with E-state index >= 15 is 0 Å². The zero-order valence-electron chi connectivity index (χ0n) is 16.6. The lowest BCUT2D eigenvalue weighted by molar-refractivity contribution is -0.130. The summed E-state index contributed by atoms with van der Waals surface area (Å²) < 4.78 is 18.9. The van der Waals surface area contributed by atoms with Gasteiger partial charge in [-0.05, 0) is 61.7 Å². The first-order valence-corrected chi connectivity index (χ1v) is 9.69. The fourth-order valence-electron chi connectivity index (χ4n) is 4.06. The van der Waals surface area contributed by atoms with Crippen molar-refractivity contribution < 1.29 is 13.6 Å². The van der Waals surface area contributed by atoms with E-state index in [-0.39, 0.29) is 11.7 Å². The first-order valence-electron chi connectivity index (χ1n) is 9.69. The van der Waals surface area contributed by atoms with Crippen molar-refractivity contribution in [2.45, 2.75) is 27.2 Å². The molecule has 1 aliphatic heterocycles. The predicted octanol–water partition coefficient (Wildman–Crippen LogP) is 4.39. The minimum atomic E-state index is -0.231. The highest BCUT2D eigenvalue weighted by Gasteiger charge is 2.23. The zero-order valence-corrected chi connectivity index (χ0v) is 16.6. The van der Waals surface area contributed by atoms with Crippen molar-refractivity contribution in [3.63, 3.8) is 0 Å². The lowest BCUT2D eigenvalue weighted by Crippen LogP contribution is -2.49. The number of hydrogen-bond donors (Lipinski definition) is 0. The van der Waals surface area contributed by atoms with Crippen molar-refractivity contribution in [1.82, 2.24) is 4.90 Å². The summed E-state index contributed by atoms with van der Waals surface area (Å²) in [7, 11) is 0. The summed E-state index contributed by atoms with van der Waals surface area (Å²) in [5.41, 5.74) is 6.33. The Morgan fingerprint density at radius 3 is 2.39 bits per heavy atom. The highest BCUT2D eigenvalue weighted by molar-refractivity contribution is 5.92. The Balaban J connectivity index is 1.45. The molecule has 0 radical (unpaired) electrons. The van der Waals surface area contributed by atoms with Crippen LogP contribution in [0.25, 0.3) is 11.0 Å². The molecule has 1 amide bonds. The fourth-order valence-corrected chi connectivity index (χ4v) is 4.06. The Labute approximate surface area is 164 Å². The minimum absolute atomic E-state index is 0.124. The zero-order chi connectivity index (χ0) is 19.8. The number of carbonyl (C=O) groups excluding carboxylic acids is 1. The van der Waals surface area contributed by atoms with Gasteiger partial charge in [0.05, 0.1) is 12.7 Å². The second-order valence-electron chi connectivity index (χ2n) is 7.62. The summed E-state index contributed by atoms with van der Waals surface area (Å²) in [4.78, 5) is 17.0. The maximum Gasteiger partial charge on any atom is 0.227 e. The summed E-state index contributed by atoms with van der Waals surface area (Å²) in [6.07, 6.45) is 2.09. The van der Waals surface area contributed by atoms with Crippen LogP contribution in [-0.2, 0) is 11.2 Å². The van der Waals surface area contributed by atoms with Gasteiger partial charge in [-0.25, -0.2) is 4.39 Å². The molecule has 0 saturated carbocycles. The van der Waals surface area contributed by atoms with Crippen LogP contribution >= 0.6 is 0 Å². The molecule has 5 heteroatoms. The Hall–Kier alpha value is -2.82. The topological polar surface area (TPSA) is 36.7 Å². The van der Waals surface area contributed by atoms with Gasteiger partial charge in [-0.15, -0.1) is 0 Å². The van der Waals surface area contributed by atoms with E-state index < -0.39 is 0 Å². The van der Waals surface area contributed by atoms with Crippen molar-refractivity contribution in [3.8, 4) is 0 Å². The van der Waals surface area contributed by atoms with E-state index in [4.69, 9.17) is 4.42 Å². The minimum Gasteiger partial charge on any atom is -0.464 e. The molecule has 2 heterocycles. The van der Waals surface area contributed by atoms with Crippen LogP contribution in [0.1, 0.15) is 22.3 Å². The van der Waals surface area contributed by atoms with Crippen LogP contribution in [-0.4, -0.2) is 37.0 Å². The molecule has 4 nitrogen and oxygen atoms in total. The van der Waals surface area contributed by atoms with Crippen molar-refractivity contribution in [3.05, 3.63) is 64.7 Å². The van der Waals surface area contributed by atoms with Crippen LogP contribution in [0.2, 0.25) is 0 Å². The summed E-state index contributed by atoms with van der Waals surface area (Å²) in [6.45, 7) is 9.05. The lowest BCUT2D eigenvalue weighted by Gasteiger charge is -2.36. The first kappa shape index (κ1) is 18.5. The number of fused-ring (bicyclic) bond motifs is 1. The number of benzene rings is 2. The number of anilines is 1. The number of furan rings is 1. The van der Waals surface area contributed by atoms with Crippen molar-refractivity contribution in [2.75, 3.05) is 31.1 Å². The molecular formula is C23H25FN2O2. The van der Waals surface area contributed by atoms with Crippen LogP contribution in [0.3, 0.4) is 0 Å². The van der Waals surface area contributed by atoms with Gasteiger partial charge in [-0.2, -0.15) is 0 Å². The summed E-state index contributed by atoms with van der Waals surface area (Å²) >= 11 is 0. The second-order valence-corrected chi connectivity index (χ2v) is 7.62. The van der Waals surface area contributed by atoms with Gasteiger partial charge in [0.1, 0.15) is 11.4 Å². The van der Waals surface area contributed by atoms with E-state index in [0.717, 1.165) is 46.4 Å². The monoisotopic (exact) mass is 380 g/mol. The van der Waals surface area contributed by atoms with E-state index in [2.05, 4.69) is 31.7 Å². The largest absolute Gasteiger partial charge is 0.464 e. The third-order valence-electron chi connectivity index (χ3n) is 5.79. The molecule has 1 aliphatic rings. The van der Waals surface area contributed by atoms with Crippen molar-refractivity contribution >= 4 is 22.6 Å². The maximum atomic E-state index is 13.1. The molecule has 146 valence electrons. The highest BCUT2D eigenvalue weighted by Crippen LogP contribution is 2.30. The van der Waals surface area contributed by atoms with Gasteiger partial charge < -0.3 is 14.2 Å². The Morgan fingerprint density at radius 1 is 1.04 bits per heavy atom. The Morgan fingerprint density at radius 2 is 1.71 bits per heavy atom. The van der Waals surface area contributed by atoms with E-state index in [9.17, 15) is 9.18 Å². The Kier molecular flexibility index (Phi) is 4.84. The van der Waals surface area contributed by atoms with Crippen LogP contribution in [0.15, 0.2) is 41.0 Å². The third kappa shape index (κ3) is 3.37. The number of amides is 1. The van der Waals surface area contributed by atoms with Crippen molar-refractivity contribution in [1.29, 1.82) is 0 Å². The van der Waals surface area contributed by atoms with Crippen LogP contribution in [0, 0.1) is 26.6 Å². The molecule has 3 aromatic rings. The van der Waals surface area contributed by atoms with Crippen LogP contribution < -0.4 is 4.90 Å². The summed E-state index contributed by atoms with van der Waals surface area (Å²) in [6, 6.07) is 8.68. The van der Waals surface area contributed by atoms with E-state index in [1.807, 2.05) is 4.90 Å². The second kappa shape index (κ2) is 7.30. The SMILES string of the molecule is Cc1cc(C)c2c(CC(=O)N3CCN(c4ccc(F)cc4)CC3)coc2c1C. The van der Waals surface area contributed by atoms with Gasteiger partial charge in [0.2, 0.25) is 5.91 Å². The van der Waals surface area contributed by atoms with E-state index in [1.165, 1.54) is 17.7 Å². The van der Waals surface area contributed by atoms with Gasteiger partial charge >= 0.3 is 0 Å². The Bertz CT molecular complexity index is 1020. The number of aryl methyl sites for hydroxylation is 3. The van der Waals surface area contributed by atoms with Crippen molar-refractivity contribution in [2.24, 2.45) is 0 Å². The van der Waals surface area contributed by atoms with Gasteiger partial charge in [0.25, 0.3) is 0 Å². The molecular weight excluding hydrogens is 355 g/mol. The fraction of sp³-hybridized carbons (Fsp3) is 0.348. The quantitative estimate of drug-likeness (QED) is 0.676. The smallest absolute Gasteiger partial charge is 0.227 e. The third-order valence-corrected chi connectivity index (χ3v) is 5.79. The molecule has 0 N–H and O–H groups in total. The molecule has 0 bridgehead atoms. The molecule has 28 heavy (non-hydrogen) atoms. The lowest BCUT2D eigenvalue weighted by atomic mass is 9.98. The van der Waals surface area contributed by atoms with E-state index in [1.54, 1.807) is 18.4 Å². The van der Waals surface area contributed by atoms with Gasteiger partial charge in [-0.1, -0.05) is 6.07 Å². The van der Waals surface area contributed by atoms with Gasteiger partial charge in [0.15, 0.2) is 0 Å². The number of piperazine rings is 1. The summed E-state index contributed by atoms with van der Waals surface area (Å²) in [5, 5.41) is 1.07. The van der Waals surface area contributed by atoms with Crippen LogP contribution in [0.5, 0.6) is 0 Å². The van der Waals surface area contributed by atoms with Gasteiger partial charge in [-0.3, -0.25) is 4.79 Å². The predicted molar refractivity (Wildman–Crippen MR) is 109 cm³/mol. The molecule has 0 unspecified atom stereocenters. The molecule has 1 saturated heterocycles. The standard InChI is InChI=1S/C23H25FN2O2/c1-15-12-16(2)22-18(14-28-23(22)17(15)3)13-21(27)26-10-8-25(9-11-26)20-6-4-19(24)5-7-20/h4-7,12,14H,8-11,13H2,1-3H3. The van der Waals surface area contributed by atoms with Crippen LogP contribution in [0.4, 0.5) is 10.1 Å². The molecule has 0 spiro atoms. The molecule has 1 aromatic heterocycles.